The minimum atomic E-state index is -0.144. The van der Waals surface area contributed by atoms with Crippen LogP contribution < -0.4 is 0 Å². The van der Waals surface area contributed by atoms with Crippen LogP contribution in [0.1, 0.15) is 64.5 Å². The molecule has 2 fully saturated rings. The van der Waals surface area contributed by atoms with Gasteiger partial charge in [-0.2, -0.15) is 5.26 Å². The predicted octanol–water partition coefficient (Wildman–Crippen LogP) is 5.42. The first kappa shape index (κ1) is 20.2. The van der Waals surface area contributed by atoms with E-state index in [0.717, 1.165) is 22.2 Å². The van der Waals surface area contributed by atoms with Gasteiger partial charge in [0.05, 0.1) is 35.1 Å². The van der Waals surface area contributed by atoms with Gasteiger partial charge < -0.3 is 9.64 Å². The fourth-order valence-corrected chi connectivity index (χ4v) is 5.46. The molecule has 0 N–H and O–H groups in total. The van der Waals surface area contributed by atoms with Gasteiger partial charge in [0.2, 0.25) is 0 Å². The lowest BCUT2D eigenvalue weighted by Crippen LogP contribution is -2.48. The summed E-state index contributed by atoms with van der Waals surface area (Å²) in [6.07, 6.45) is 5.25. The molecule has 1 aliphatic heterocycles. The van der Waals surface area contributed by atoms with Crippen molar-refractivity contribution in [3.63, 3.8) is 0 Å². The number of aryl methyl sites for hydroxylation is 1. The number of amidine groups is 1. The maximum atomic E-state index is 9.10. The van der Waals surface area contributed by atoms with Crippen molar-refractivity contribution >= 4 is 22.6 Å². The highest BCUT2D eigenvalue weighted by molar-refractivity contribution is 8.14. The van der Waals surface area contributed by atoms with Crippen LogP contribution in [0.5, 0.6) is 0 Å². The Bertz CT molecular complexity index is 741. The monoisotopic (exact) mass is 385 g/mol. The molecule has 1 aromatic rings. The molecule has 1 saturated heterocycles. The lowest BCUT2D eigenvalue weighted by molar-refractivity contribution is -0.0763. The second-order valence-corrected chi connectivity index (χ2v) is 9.65. The largest absolute Gasteiger partial charge is 0.371 e. The van der Waals surface area contributed by atoms with Gasteiger partial charge in [-0.15, -0.1) is 0 Å². The van der Waals surface area contributed by atoms with Crippen LogP contribution in [0.15, 0.2) is 23.2 Å². The molecule has 0 aromatic heterocycles. The van der Waals surface area contributed by atoms with Crippen molar-refractivity contribution in [1.29, 1.82) is 5.26 Å². The van der Waals surface area contributed by atoms with Crippen LogP contribution in [0, 0.1) is 18.3 Å². The number of ether oxygens (including phenoxy) is 1. The summed E-state index contributed by atoms with van der Waals surface area (Å²) >= 11 is 1.84. The van der Waals surface area contributed by atoms with E-state index in [1.165, 1.54) is 25.7 Å². The zero-order valence-corrected chi connectivity index (χ0v) is 18.0. The van der Waals surface area contributed by atoms with Crippen molar-refractivity contribution in [2.75, 3.05) is 5.75 Å². The summed E-state index contributed by atoms with van der Waals surface area (Å²) in [5.74, 6) is 1.02. The van der Waals surface area contributed by atoms with E-state index < -0.39 is 0 Å². The van der Waals surface area contributed by atoms with E-state index in [-0.39, 0.29) is 11.7 Å². The molecule has 0 radical (unpaired) electrons. The van der Waals surface area contributed by atoms with Crippen LogP contribution >= 0.6 is 11.8 Å². The molecule has 5 heteroatoms. The Kier molecular flexibility index (Phi) is 6.18. The molecule has 1 aliphatic carbocycles. The summed E-state index contributed by atoms with van der Waals surface area (Å²) in [5, 5.41) is 10.2. The number of aliphatic imine (C=N–C) groups is 1. The van der Waals surface area contributed by atoms with Gasteiger partial charge in [0.25, 0.3) is 0 Å². The SMILES string of the molecule is Cc1cc(C#N)ccc1N=C1SC[C@@H]([C@H](C)OC(C)(C)C)N1C1CCCC1. The molecule has 0 amide bonds. The van der Waals surface area contributed by atoms with E-state index in [9.17, 15) is 0 Å². The molecule has 146 valence electrons. The molecule has 1 aromatic carbocycles. The van der Waals surface area contributed by atoms with E-state index in [1.54, 1.807) is 0 Å². The Morgan fingerprint density at radius 2 is 2.00 bits per heavy atom. The Balaban J connectivity index is 1.89. The highest BCUT2D eigenvalue weighted by Crippen LogP contribution is 2.37. The summed E-state index contributed by atoms with van der Waals surface area (Å²) in [7, 11) is 0. The molecule has 27 heavy (non-hydrogen) atoms. The molecular formula is C22H31N3OS. The van der Waals surface area contributed by atoms with E-state index >= 15 is 0 Å². The highest BCUT2D eigenvalue weighted by atomic mass is 32.2. The second-order valence-electron chi connectivity index (χ2n) is 8.67. The highest BCUT2D eigenvalue weighted by Gasteiger charge is 2.40. The topological polar surface area (TPSA) is 48.6 Å². The van der Waals surface area contributed by atoms with Gasteiger partial charge in [0.15, 0.2) is 5.17 Å². The van der Waals surface area contributed by atoms with Crippen LogP contribution in [0.25, 0.3) is 0 Å². The number of nitriles is 1. The normalized spacial score (nSPS) is 23.8. The summed E-state index contributed by atoms with van der Waals surface area (Å²) < 4.78 is 6.32. The zero-order chi connectivity index (χ0) is 19.6. The smallest absolute Gasteiger partial charge is 0.165 e. The van der Waals surface area contributed by atoms with Crippen LogP contribution in [0.2, 0.25) is 0 Å². The van der Waals surface area contributed by atoms with Gasteiger partial charge in [-0.05, 0) is 71.2 Å². The molecule has 2 aliphatic rings. The summed E-state index contributed by atoms with van der Waals surface area (Å²) in [5.41, 5.74) is 2.56. The minimum absolute atomic E-state index is 0.144. The average molecular weight is 386 g/mol. The van der Waals surface area contributed by atoms with Crippen molar-refractivity contribution in [3.05, 3.63) is 29.3 Å². The quantitative estimate of drug-likeness (QED) is 0.694. The predicted molar refractivity (Wildman–Crippen MR) is 114 cm³/mol. The molecule has 0 spiro atoms. The van der Waals surface area contributed by atoms with Gasteiger partial charge in [0.1, 0.15) is 0 Å². The zero-order valence-electron chi connectivity index (χ0n) is 17.2. The van der Waals surface area contributed by atoms with Crippen LogP contribution in [-0.2, 0) is 4.74 Å². The van der Waals surface area contributed by atoms with E-state index in [1.807, 2.05) is 36.9 Å². The first-order valence-corrected chi connectivity index (χ1v) is 11.0. The van der Waals surface area contributed by atoms with Crippen molar-refractivity contribution in [2.24, 2.45) is 4.99 Å². The van der Waals surface area contributed by atoms with Crippen LogP contribution in [-0.4, -0.2) is 39.6 Å². The number of nitrogens with zero attached hydrogens (tertiary/aromatic N) is 3. The third kappa shape index (κ3) is 4.86. The van der Waals surface area contributed by atoms with Crippen molar-refractivity contribution in [2.45, 2.75) is 84.1 Å². The Morgan fingerprint density at radius 3 is 2.59 bits per heavy atom. The molecular weight excluding hydrogens is 354 g/mol. The Morgan fingerprint density at radius 1 is 1.30 bits per heavy atom. The molecule has 1 saturated carbocycles. The van der Waals surface area contributed by atoms with Crippen LogP contribution in [0.4, 0.5) is 5.69 Å². The summed E-state index contributed by atoms with van der Waals surface area (Å²) in [6.45, 7) is 10.6. The van der Waals surface area contributed by atoms with Gasteiger partial charge in [0, 0.05) is 11.8 Å². The van der Waals surface area contributed by atoms with Crippen molar-refractivity contribution in [3.8, 4) is 6.07 Å². The summed E-state index contributed by atoms with van der Waals surface area (Å²) in [4.78, 5) is 7.58. The fraction of sp³-hybridized carbons (Fsp3) is 0.636. The second kappa shape index (κ2) is 8.24. The molecule has 3 rings (SSSR count). The maximum absolute atomic E-state index is 9.10. The van der Waals surface area contributed by atoms with Gasteiger partial charge in [-0.3, -0.25) is 0 Å². The molecule has 2 atom stereocenters. The first-order chi connectivity index (χ1) is 12.8. The first-order valence-electron chi connectivity index (χ1n) is 9.97. The lowest BCUT2D eigenvalue weighted by atomic mass is 10.1. The average Bonchev–Trinajstić information content (AvgIpc) is 3.24. The van der Waals surface area contributed by atoms with Gasteiger partial charge >= 0.3 is 0 Å². The molecule has 0 bridgehead atoms. The van der Waals surface area contributed by atoms with Gasteiger partial charge in [-0.1, -0.05) is 24.6 Å². The third-order valence-electron chi connectivity index (χ3n) is 5.30. The standard InChI is InChI=1S/C22H31N3OS/c1-15-12-17(13-23)10-11-19(15)24-21-25(18-8-6-7-9-18)20(14-27-21)16(2)26-22(3,4)5/h10-12,16,18,20H,6-9,14H2,1-5H3/t16-,20-/m0/s1. The fourth-order valence-electron chi connectivity index (χ4n) is 4.11. The molecule has 4 nitrogen and oxygen atoms in total. The summed E-state index contributed by atoms with van der Waals surface area (Å²) in [6, 6.07) is 8.87. The molecule has 1 heterocycles. The third-order valence-corrected chi connectivity index (χ3v) is 6.37. The Labute approximate surface area is 168 Å². The lowest BCUT2D eigenvalue weighted by Gasteiger charge is -2.37. The van der Waals surface area contributed by atoms with Crippen molar-refractivity contribution in [1.82, 2.24) is 4.90 Å². The van der Waals surface area contributed by atoms with Crippen molar-refractivity contribution < 1.29 is 4.74 Å². The Hall–Kier alpha value is -1.51. The number of hydrogen-bond donors (Lipinski definition) is 0. The maximum Gasteiger partial charge on any atom is 0.165 e. The van der Waals surface area contributed by atoms with Gasteiger partial charge in [-0.25, -0.2) is 4.99 Å². The van der Waals surface area contributed by atoms with E-state index in [0.29, 0.717) is 17.6 Å². The number of hydrogen-bond acceptors (Lipinski definition) is 4. The minimum Gasteiger partial charge on any atom is -0.371 e. The van der Waals surface area contributed by atoms with E-state index in [4.69, 9.17) is 15.0 Å². The molecule has 0 unspecified atom stereocenters. The number of benzene rings is 1. The number of rotatable bonds is 4. The van der Waals surface area contributed by atoms with Crippen LogP contribution in [0.3, 0.4) is 0 Å². The van der Waals surface area contributed by atoms with E-state index in [2.05, 4.69) is 38.7 Å². The number of thioether (sulfide) groups is 1.